The van der Waals surface area contributed by atoms with Crippen LogP contribution in [-0.2, 0) is 4.74 Å². The molecule has 0 bridgehead atoms. The van der Waals surface area contributed by atoms with Crippen molar-refractivity contribution in [2.75, 3.05) is 6.61 Å². The summed E-state index contributed by atoms with van der Waals surface area (Å²) in [6.07, 6.45) is 1.70. The second kappa shape index (κ2) is 4.62. The second-order valence-electron chi connectivity index (χ2n) is 4.74. The van der Waals surface area contributed by atoms with Gasteiger partial charge in [-0.25, -0.2) is 0 Å². The van der Waals surface area contributed by atoms with E-state index in [9.17, 15) is 0 Å². The van der Waals surface area contributed by atoms with Crippen molar-refractivity contribution in [1.29, 1.82) is 5.26 Å². The molecule has 1 atom stereocenters. The Hall–Kier alpha value is -0.550. The van der Waals surface area contributed by atoms with E-state index in [1.165, 1.54) is 0 Å². The average Bonchev–Trinajstić information content (AvgIpc) is 2.02. The lowest BCUT2D eigenvalue weighted by atomic mass is 9.86. The number of hydrogen-bond acceptors (Lipinski definition) is 2. The van der Waals surface area contributed by atoms with Gasteiger partial charge in [-0.05, 0) is 40.5 Å². The second-order valence-corrected chi connectivity index (χ2v) is 4.74. The number of hydrogen-bond donors (Lipinski definition) is 0. The third-order valence-corrected chi connectivity index (χ3v) is 2.24. The van der Waals surface area contributed by atoms with Crippen LogP contribution in [-0.4, -0.2) is 12.2 Å². The first-order valence-corrected chi connectivity index (χ1v) is 4.88. The molecule has 0 saturated carbocycles. The highest BCUT2D eigenvalue weighted by atomic mass is 16.5. The van der Waals surface area contributed by atoms with Gasteiger partial charge in [0.05, 0.1) is 17.1 Å². The van der Waals surface area contributed by atoms with Crippen molar-refractivity contribution in [3.8, 4) is 6.07 Å². The minimum Gasteiger partial charge on any atom is -0.376 e. The van der Waals surface area contributed by atoms with Crippen LogP contribution in [0, 0.1) is 16.7 Å². The summed E-state index contributed by atoms with van der Waals surface area (Å²) in [5, 5.41) is 8.91. The largest absolute Gasteiger partial charge is 0.376 e. The molecule has 0 N–H and O–H groups in total. The fourth-order valence-corrected chi connectivity index (χ4v) is 0.894. The highest BCUT2D eigenvalue weighted by Crippen LogP contribution is 2.25. The average molecular weight is 183 g/mol. The van der Waals surface area contributed by atoms with E-state index < -0.39 is 0 Å². The van der Waals surface area contributed by atoms with Crippen molar-refractivity contribution in [1.82, 2.24) is 0 Å². The monoisotopic (exact) mass is 183 g/mol. The van der Waals surface area contributed by atoms with Crippen molar-refractivity contribution in [3.05, 3.63) is 0 Å². The van der Waals surface area contributed by atoms with E-state index in [0.717, 1.165) is 12.8 Å². The zero-order valence-electron chi connectivity index (χ0n) is 9.48. The van der Waals surface area contributed by atoms with Crippen LogP contribution in [0.5, 0.6) is 0 Å². The molecule has 0 aromatic heterocycles. The van der Waals surface area contributed by atoms with Crippen LogP contribution in [0.25, 0.3) is 0 Å². The SMILES string of the molecule is CCC(C)(C#N)CCOC(C)(C)C. The Morgan fingerprint density at radius 1 is 1.23 bits per heavy atom. The van der Waals surface area contributed by atoms with E-state index in [4.69, 9.17) is 10.00 Å². The Kier molecular flexibility index (Phi) is 4.43. The molecule has 0 saturated heterocycles. The van der Waals surface area contributed by atoms with Crippen LogP contribution in [0.2, 0.25) is 0 Å². The van der Waals surface area contributed by atoms with Crippen LogP contribution >= 0.6 is 0 Å². The standard InChI is InChI=1S/C11H21NO/c1-6-11(5,9-12)7-8-13-10(2,3)4/h6-8H2,1-5H3. The van der Waals surface area contributed by atoms with Gasteiger partial charge in [-0.1, -0.05) is 6.92 Å². The molecule has 76 valence electrons. The molecule has 2 nitrogen and oxygen atoms in total. The first-order valence-electron chi connectivity index (χ1n) is 4.88. The van der Waals surface area contributed by atoms with Crippen LogP contribution in [0.1, 0.15) is 47.5 Å². The van der Waals surface area contributed by atoms with Crippen LogP contribution in [0.3, 0.4) is 0 Å². The van der Waals surface area contributed by atoms with E-state index in [0.29, 0.717) is 6.61 Å². The van der Waals surface area contributed by atoms with Gasteiger partial charge in [-0.15, -0.1) is 0 Å². The van der Waals surface area contributed by atoms with Crippen molar-refractivity contribution in [2.24, 2.45) is 5.41 Å². The maximum Gasteiger partial charge on any atom is 0.0687 e. The molecule has 0 aromatic rings. The van der Waals surface area contributed by atoms with Crippen molar-refractivity contribution >= 4 is 0 Å². The fourth-order valence-electron chi connectivity index (χ4n) is 0.894. The summed E-state index contributed by atoms with van der Waals surface area (Å²) in [6.45, 7) is 10.8. The maximum atomic E-state index is 8.91. The molecule has 0 rings (SSSR count). The van der Waals surface area contributed by atoms with Gasteiger partial charge in [-0.3, -0.25) is 0 Å². The van der Waals surface area contributed by atoms with Gasteiger partial charge in [0, 0.05) is 6.61 Å². The molecular weight excluding hydrogens is 162 g/mol. The minimum atomic E-state index is -0.217. The molecule has 0 fully saturated rings. The predicted molar refractivity (Wildman–Crippen MR) is 54.3 cm³/mol. The fraction of sp³-hybridized carbons (Fsp3) is 0.909. The van der Waals surface area contributed by atoms with Crippen molar-refractivity contribution in [3.63, 3.8) is 0 Å². The van der Waals surface area contributed by atoms with Gasteiger partial charge in [0.15, 0.2) is 0 Å². The summed E-state index contributed by atoms with van der Waals surface area (Å²) in [7, 11) is 0. The molecule has 0 radical (unpaired) electrons. The zero-order valence-corrected chi connectivity index (χ0v) is 9.48. The Labute approximate surface area is 81.9 Å². The quantitative estimate of drug-likeness (QED) is 0.670. The molecule has 0 aromatic carbocycles. The first kappa shape index (κ1) is 12.4. The number of nitriles is 1. The molecule has 1 unspecified atom stereocenters. The smallest absolute Gasteiger partial charge is 0.0687 e. The van der Waals surface area contributed by atoms with E-state index in [1.807, 2.05) is 34.6 Å². The van der Waals surface area contributed by atoms with Gasteiger partial charge in [0.2, 0.25) is 0 Å². The van der Waals surface area contributed by atoms with E-state index in [1.54, 1.807) is 0 Å². The number of rotatable bonds is 4. The van der Waals surface area contributed by atoms with E-state index in [2.05, 4.69) is 6.07 Å². The van der Waals surface area contributed by atoms with Crippen LogP contribution in [0.4, 0.5) is 0 Å². The van der Waals surface area contributed by atoms with Gasteiger partial charge in [0.25, 0.3) is 0 Å². The molecule has 0 spiro atoms. The van der Waals surface area contributed by atoms with Gasteiger partial charge in [0.1, 0.15) is 0 Å². The molecule has 0 aliphatic heterocycles. The van der Waals surface area contributed by atoms with Gasteiger partial charge >= 0.3 is 0 Å². The Morgan fingerprint density at radius 3 is 2.08 bits per heavy atom. The van der Waals surface area contributed by atoms with Crippen molar-refractivity contribution < 1.29 is 4.74 Å². The molecule has 13 heavy (non-hydrogen) atoms. The highest BCUT2D eigenvalue weighted by Gasteiger charge is 2.22. The normalized spacial score (nSPS) is 16.3. The lowest BCUT2D eigenvalue weighted by Gasteiger charge is -2.24. The topological polar surface area (TPSA) is 33.0 Å². The molecule has 0 aliphatic carbocycles. The molecular formula is C11H21NO. The number of nitrogens with zero attached hydrogens (tertiary/aromatic N) is 1. The highest BCUT2D eigenvalue weighted by molar-refractivity contribution is 4.94. The van der Waals surface area contributed by atoms with E-state index >= 15 is 0 Å². The lowest BCUT2D eigenvalue weighted by Crippen LogP contribution is -2.23. The molecule has 0 aliphatic rings. The molecule has 0 amide bonds. The summed E-state index contributed by atoms with van der Waals surface area (Å²) >= 11 is 0. The zero-order chi connectivity index (χ0) is 10.5. The third kappa shape index (κ3) is 5.65. The Balaban J connectivity index is 3.83. The summed E-state index contributed by atoms with van der Waals surface area (Å²) in [6, 6.07) is 2.33. The summed E-state index contributed by atoms with van der Waals surface area (Å²) in [5.41, 5.74) is -0.310. The maximum absolute atomic E-state index is 8.91. The van der Waals surface area contributed by atoms with Crippen molar-refractivity contribution in [2.45, 2.75) is 53.1 Å². The van der Waals surface area contributed by atoms with Crippen LogP contribution in [0.15, 0.2) is 0 Å². The number of ether oxygens (including phenoxy) is 1. The summed E-state index contributed by atoms with van der Waals surface area (Å²) in [4.78, 5) is 0. The third-order valence-electron chi connectivity index (χ3n) is 2.24. The Bertz CT molecular complexity index is 187. The van der Waals surface area contributed by atoms with E-state index in [-0.39, 0.29) is 11.0 Å². The minimum absolute atomic E-state index is 0.0931. The molecule has 0 heterocycles. The van der Waals surface area contributed by atoms with Gasteiger partial charge in [-0.2, -0.15) is 5.26 Å². The summed E-state index contributed by atoms with van der Waals surface area (Å²) < 4.78 is 5.58. The first-order chi connectivity index (χ1) is 5.83. The lowest BCUT2D eigenvalue weighted by molar-refractivity contribution is -0.0128. The van der Waals surface area contributed by atoms with Crippen LogP contribution < -0.4 is 0 Å². The Morgan fingerprint density at radius 2 is 1.77 bits per heavy atom. The van der Waals surface area contributed by atoms with Gasteiger partial charge < -0.3 is 4.74 Å². The summed E-state index contributed by atoms with van der Waals surface area (Å²) in [5.74, 6) is 0. The predicted octanol–water partition coefficient (Wildman–Crippen LogP) is 3.13. The molecule has 2 heteroatoms.